The Morgan fingerprint density at radius 1 is 1.06 bits per heavy atom. The number of anilines is 2. The van der Waals surface area contributed by atoms with E-state index in [-0.39, 0.29) is 23.2 Å². The fraction of sp³-hybridized carbons (Fsp3) is 0.583. The Morgan fingerprint density at radius 2 is 1.59 bits per heavy atom. The van der Waals surface area contributed by atoms with Crippen LogP contribution in [0.4, 0.5) is 11.4 Å². The second-order valence-electron chi connectivity index (χ2n) is 4.83. The molecule has 17 heavy (non-hydrogen) atoms. The summed E-state index contributed by atoms with van der Waals surface area (Å²) in [5.74, 6) is -0.130. The molecular formula is C12H18N2O3. The highest BCUT2D eigenvalue weighted by molar-refractivity contribution is 5.96. The predicted octanol–water partition coefficient (Wildman–Crippen LogP) is 0.945. The highest BCUT2D eigenvalue weighted by Gasteiger charge is 2.23. The molecule has 0 aliphatic carbocycles. The lowest BCUT2D eigenvalue weighted by Gasteiger charge is -2.16. The van der Waals surface area contributed by atoms with Gasteiger partial charge in [0, 0.05) is 12.5 Å². The number of carbonyl (C=O) groups excluding carboxylic acids is 1. The molecule has 2 N–H and O–H groups in total. The largest absolute Gasteiger partial charge is 0.380 e. The van der Waals surface area contributed by atoms with Crippen molar-refractivity contribution in [2.24, 2.45) is 11.8 Å². The summed E-state index contributed by atoms with van der Waals surface area (Å²) in [5, 5.41) is 5.37. The van der Waals surface area contributed by atoms with E-state index in [0.717, 1.165) is 0 Å². The van der Waals surface area contributed by atoms with Gasteiger partial charge >= 0.3 is 0 Å². The van der Waals surface area contributed by atoms with E-state index in [4.69, 9.17) is 0 Å². The maximum absolute atomic E-state index is 11.4. The van der Waals surface area contributed by atoms with E-state index in [1.165, 1.54) is 0 Å². The molecule has 5 nitrogen and oxygen atoms in total. The van der Waals surface area contributed by atoms with Gasteiger partial charge in [0.05, 0.1) is 0 Å². The molecule has 0 fully saturated rings. The Labute approximate surface area is 99.9 Å². The maximum Gasteiger partial charge on any atom is 0.253 e. The van der Waals surface area contributed by atoms with E-state index in [2.05, 4.69) is 10.6 Å². The third-order valence-electron chi connectivity index (χ3n) is 2.37. The van der Waals surface area contributed by atoms with E-state index in [1.807, 2.05) is 13.8 Å². The van der Waals surface area contributed by atoms with Crippen LogP contribution in [0.2, 0.25) is 0 Å². The van der Waals surface area contributed by atoms with E-state index in [9.17, 15) is 14.4 Å². The zero-order valence-corrected chi connectivity index (χ0v) is 10.6. The summed E-state index contributed by atoms with van der Waals surface area (Å²) in [7, 11) is 0. The second kappa shape index (κ2) is 5.12. The number of rotatable bonds is 5. The van der Waals surface area contributed by atoms with E-state index >= 15 is 0 Å². The Morgan fingerprint density at radius 3 is 2.06 bits per heavy atom. The van der Waals surface area contributed by atoms with Crippen LogP contribution in [0.1, 0.15) is 27.7 Å². The van der Waals surface area contributed by atoms with Crippen LogP contribution in [0.5, 0.6) is 0 Å². The summed E-state index contributed by atoms with van der Waals surface area (Å²) in [5.41, 5.74) is -0.831. The molecule has 1 amide bonds. The van der Waals surface area contributed by atoms with Crippen molar-refractivity contribution in [3.63, 3.8) is 0 Å². The maximum atomic E-state index is 11.4. The summed E-state index contributed by atoms with van der Waals surface area (Å²) in [4.78, 5) is 34.1. The zero-order valence-electron chi connectivity index (χ0n) is 10.6. The molecule has 0 saturated carbocycles. The van der Waals surface area contributed by atoms with Crippen molar-refractivity contribution in [1.82, 2.24) is 0 Å². The van der Waals surface area contributed by atoms with E-state index < -0.39 is 10.9 Å². The highest BCUT2D eigenvalue weighted by Crippen LogP contribution is 2.15. The monoisotopic (exact) mass is 238 g/mol. The number of nitrogens with one attached hydrogen (secondary N) is 2. The first-order valence-corrected chi connectivity index (χ1v) is 5.72. The predicted molar refractivity (Wildman–Crippen MR) is 68.1 cm³/mol. The second-order valence-corrected chi connectivity index (χ2v) is 4.83. The molecule has 1 rings (SSSR count). The smallest absolute Gasteiger partial charge is 0.253 e. The molecule has 0 bridgehead atoms. The van der Waals surface area contributed by atoms with Gasteiger partial charge in [-0.3, -0.25) is 14.4 Å². The molecule has 0 aromatic heterocycles. The van der Waals surface area contributed by atoms with Gasteiger partial charge in [-0.05, 0) is 5.92 Å². The van der Waals surface area contributed by atoms with Crippen LogP contribution in [0.25, 0.3) is 0 Å². The minimum absolute atomic E-state index is 0.106. The standard InChI is InChI=1S/C12H18N2O3/c1-6(2)5-13-8-9(11(16)10(8)15)14-12(17)7(3)4/h6-7,13H,5H2,1-4H3,(H,14,17). The van der Waals surface area contributed by atoms with Gasteiger partial charge in [0.15, 0.2) is 0 Å². The van der Waals surface area contributed by atoms with Gasteiger partial charge < -0.3 is 10.6 Å². The Kier molecular flexibility index (Phi) is 4.04. The average molecular weight is 238 g/mol. The lowest BCUT2D eigenvalue weighted by atomic mass is 10.1. The third kappa shape index (κ3) is 2.93. The lowest BCUT2D eigenvalue weighted by molar-refractivity contribution is -0.118. The van der Waals surface area contributed by atoms with Crippen LogP contribution in [-0.2, 0) is 4.79 Å². The summed E-state index contributed by atoms with van der Waals surface area (Å²) >= 11 is 0. The molecule has 0 saturated heterocycles. The van der Waals surface area contributed by atoms with Gasteiger partial charge in [-0.15, -0.1) is 0 Å². The normalized spacial score (nSPS) is 11.2. The molecule has 0 radical (unpaired) electrons. The topological polar surface area (TPSA) is 75.3 Å². The third-order valence-corrected chi connectivity index (χ3v) is 2.37. The van der Waals surface area contributed by atoms with Gasteiger partial charge in [0.1, 0.15) is 11.4 Å². The molecule has 0 atom stereocenters. The first kappa shape index (κ1) is 13.4. The quantitative estimate of drug-likeness (QED) is 0.749. The molecule has 94 valence electrons. The molecule has 0 heterocycles. The highest BCUT2D eigenvalue weighted by atomic mass is 16.2. The summed E-state index contributed by atoms with van der Waals surface area (Å²) in [6.45, 7) is 8.02. The van der Waals surface area contributed by atoms with Crippen LogP contribution in [-0.4, -0.2) is 12.5 Å². The number of amides is 1. The first-order chi connectivity index (χ1) is 7.84. The van der Waals surface area contributed by atoms with E-state index in [0.29, 0.717) is 12.5 Å². The van der Waals surface area contributed by atoms with Crippen molar-refractivity contribution in [3.05, 3.63) is 20.4 Å². The molecular weight excluding hydrogens is 220 g/mol. The molecule has 0 spiro atoms. The van der Waals surface area contributed by atoms with Gasteiger partial charge in [-0.2, -0.15) is 0 Å². The molecule has 0 aliphatic heterocycles. The van der Waals surface area contributed by atoms with Crippen LogP contribution in [0.3, 0.4) is 0 Å². The minimum Gasteiger partial charge on any atom is -0.380 e. The number of hydrogen-bond donors (Lipinski definition) is 2. The fourth-order valence-corrected chi connectivity index (χ4v) is 1.25. The Balaban J connectivity index is 2.80. The van der Waals surface area contributed by atoms with Crippen LogP contribution in [0, 0.1) is 11.8 Å². The summed E-state index contributed by atoms with van der Waals surface area (Å²) in [6, 6.07) is 0. The van der Waals surface area contributed by atoms with Crippen molar-refractivity contribution < 1.29 is 4.79 Å². The van der Waals surface area contributed by atoms with Crippen molar-refractivity contribution >= 4 is 17.3 Å². The SMILES string of the molecule is CC(C)CNc1c(NC(=O)C(C)C)c(=O)c1=O. The summed E-state index contributed by atoms with van der Waals surface area (Å²) in [6.07, 6.45) is 0. The Hall–Kier alpha value is -1.65. The fourth-order valence-electron chi connectivity index (χ4n) is 1.25. The van der Waals surface area contributed by atoms with E-state index in [1.54, 1.807) is 13.8 Å². The lowest BCUT2D eigenvalue weighted by Crippen LogP contribution is -2.39. The minimum atomic E-state index is -0.620. The van der Waals surface area contributed by atoms with Crippen molar-refractivity contribution in [3.8, 4) is 0 Å². The Bertz CT molecular complexity index is 482. The molecule has 5 heteroatoms. The van der Waals surface area contributed by atoms with Crippen molar-refractivity contribution in [1.29, 1.82) is 0 Å². The average Bonchev–Trinajstić information content (AvgIpc) is 2.26. The first-order valence-electron chi connectivity index (χ1n) is 5.72. The molecule has 1 aromatic carbocycles. The van der Waals surface area contributed by atoms with Crippen molar-refractivity contribution in [2.45, 2.75) is 27.7 Å². The van der Waals surface area contributed by atoms with Crippen LogP contribution in [0.15, 0.2) is 9.59 Å². The van der Waals surface area contributed by atoms with Gasteiger partial charge in [-0.25, -0.2) is 0 Å². The van der Waals surface area contributed by atoms with Gasteiger partial charge in [0.25, 0.3) is 10.9 Å². The zero-order chi connectivity index (χ0) is 13.2. The summed E-state index contributed by atoms with van der Waals surface area (Å²) < 4.78 is 0. The van der Waals surface area contributed by atoms with Crippen LogP contribution >= 0.6 is 0 Å². The van der Waals surface area contributed by atoms with Gasteiger partial charge in [-0.1, -0.05) is 27.7 Å². The number of hydrogen-bond acceptors (Lipinski definition) is 4. The van der Waals surface area contributed by atoms with Gasteiger partial charge in [0.2, 0.25) is 5.91 Å². The van der Waals surface area contributed by atoms with Crippen LogP contribution < -0.4 is 21.5 Å². The number of carbonyl (C=O) groups is 1. The van der Waals surface area contributed by atoms with Crippen molar-refractivity contribution in [2.75, 3.05) is 17.2 Å². The molecule has 1 aromatic rings. The molecule has 0 aliphatic rings. The molecule has 0 unspecified atom stereocenters.